The molecule has 6 nitrogen and oxygen atoms in total. The third-order valence-electron chi connectivity index (χ3n) is 5.17. The molecular weight excluding hydrogens is 474 g/mol. The molecule has 0 aromatic heterocycles. The summed E-state index contributed by atoms with van der Waals surface area (Å²) in [5, 5.41) is 21.1. The maximum atomic E-state index is 13.1. The van der Waals surface area contributed by atoms with E-state index < -0.39 is 17.7 Å². The van der Waals surface area contributed by atoms with Crippen LogP contribution in [0.3, 0.4) is 0 Å². The molecule has 1 aliphatic rings. The SMILES string of the molecule is CCOc1ccc(C(O)=C2C(=O)C(=O)N(c3ccc(Br)cc3)[C@@H]2c2cccc(O)c2)cc1. The number of phenolic OH excluding ortho intramolecular Hbond substituents is 1. The first-order valence-corrected chi connectivity index (χ1v) is 10.8. The van der Waals surface area contributed by atoms with E-state index in [-0.39, 0.29) is 17.1 Å². The number of nitrogens with zero attached hydrogens (tertiary/aromatic N) is 1. The molecule has 1 atom stereocenters. The Labute approximate surface area is 193 Å². The van der Waals surface area contributed by atoms with E-state index in [9.17, 15) is 19.8 Å². The van der Waals surface area contributed by atoms with Crippen molar-refractivity contribution in [1.29, 1.82) is 0 Å². The van der Waals surface area contributed by atoms with E-state index in [1.807, 2.05) is 6.92 Å². The van der Waals surface area contributed by atoms with Crippen molar-refractivity contribution in [2.75, 3.05) is 11.5 Å². The predicted octanol–water partition coefficient (Wildman–Crippen LogP) is 5.18. The van der Waals surface area contributed by atoms with Crippen molar-refractivity contribution in [3.63, 3.8) is 0 Å². The fraction of sp³-hybridized carbons (Fsp3) is 0.120. The van der Waals surface area contributed by atoms with Crippen molar-refractivity contribution in [3.8, 4) is 11.5 Å². The maximum absolute atomic E-state index is 13.1. The van der Waals surface area contributed by atoms with Gasteiger partial charge in [-0.25, -0.2) is 0 Å². The Kier molecular flexibility index (Phi) is 6.01. The second-order valence-corrected chi connectivity index (χ2v) is 8.11. The third-order valence-corrected chi connectivity index (χ3v) is 5.70. The lowest BCUT2D eigenvalue weighted by Gasteiger charge is -2.25. The summed E-state index contributed by atoms with van der Waals surface area (Å²) in [6.45, 7) is 2.37. The molecule has 0 bridgehead atoms. The topological polar surface area (TPSA) is 87.1 Å². The second kappa shape index (κ2) is 8.88. The van der Waals surface area contributed by atoms with Crippen LogP contribution in [0.2, 0.25) is 0 Å². The second-order valence-electron chi connectivity index (χ2n) is 7.20. The Morgan fingerprint density at radius 3 is 2.34 bits per heavy atom. The van der Waals surface area contributed by atoms with E-state index in [1.54, 1.807) is 60.7 Å². The van der Waals surface area contributed by atoms with Crippen molar-refractivity contribution >= 4 is 39.1 Å². The van der Waals surface area contributed by atoms with Gasteiger partial charge in [0.05, 0.1) is 18.2 Å². The molecule has 162 valence electrons. The first-order chi connectivity index (χ1) is 15.4. The number of rotatable bonds is 5. The van der Waals surface area contributed by atoms with Crippen molar-refractivity contribution in [3.05, 3.63) is 94.0 Å². The van der Waals surface area contributed by atoms with E-state index in [1.165, 1.54) is 17.0 Å². The van der Waals surface area contributed by atoms with Crippen molar-refractivity contribution in [2.45, 2.75) is 13.0 Å². The Hall–Kier alpha value is -3.58. The normalized spacial score (nSPS) is 17.6. The highest BCUT2D eigenvalue weighted by Crippen LogP contribution is 2.43. The molecule has 7 heteroatoms. The van der Waals surface area contributed by atoms with Gasteiger partial charge in [-0.1, -0.05) is 28.1 Å². The average molecular weight is 494 g/mol. The molecule has 4 rings (SSSR count). The number of hydrogen-bond donors (Lipinski definition) is 2. The van der Waals surface area contributed by atoms with Crippen LogP contribution in [0.5, 0.6) is 11.5 Å². The summed E-state index contributed by atoms with van der Waals surface area (Å²) in [4.78, 5) is 27.5. The van der Waals surface area contributed by atoms with Crippen molar-refractivity contribution in [2.24, 2.45) is 0 Å². The summed E-state index contributed by atoms with van der Waals surface area (Å²) in [7, 11) is 0. The number of aromatic hydroxyl groups is 1. The number of ether oxygens (including phenoxy) is 1. The fourth-order valence-electron chi connectivity index (χ4n) is 3.74. The molecule has 3 aromatic rings. The lowest BCUT2D eigenvalue weighted by atomic mass is 9.95. The number of carbonyl (C=O) groups excluding carboxylic acids is 2. The van der Waals surface area contributed by atoms with E-state index in [4.69, 9.17) is 4.74 Å². The smallest absolute Gasteiger partial charge is 0.300 e. The van der Waals surface area contributed by atoms with Crippen LogP contribution in [-0.4, -0.2) is 28.5 Å². The first-order valence-electron chi connectivity index (χ1n) is 9.99. The van der Waals surface area contributed by atoms with Crippen LogP contribution in [0.1, 0.15) is 24.1 Å². The van der Waals surface area contributed by atoms with Crippen LogP contribution < -0.4 is 9.64 Å². The minimum atomic E-state index is -0.908. The van der Waals surface area contributed by atoms with E-state index in [0.717, 1.165) is 4.47 Å². The number of halogens is 1. The molecular formula is C25H20BrNO5. The Bertz CT molecular complexity index is 1200. The number of anilines is 1. The standard InChI is InChI=1S/C25H20BrNO5/c1-2-32-20-12-6-15(7-13-20)23(29)21-22(16-4-3-5-19(28)14-16)27(25(31)24(21)30)18-10-8-17(26)9-11-18/h3-14,22,28-29H,2H2,1H3/t22-/m1/s1. The summed E-state index contributed by atoms with van der Waals surface area (Å²) in [6.07, 6.45) is 0. The molecule has 1 heterocycles. The highest BCUT2D eigenvalue weighted by atomic mass is 79.9. The summed E-state index contributed by atoms with van der Waals surface area (Å²) >= 11 is 3.37. The van der Waals surface area contributed by atoms with Crippen LogP contribution in [0, 0.1) is 0 Å². The number of Topliss-reactive ketones (excluding diaryl/α,β-unsaturated/α-hetero) is 1. The minimum Gasteiger partial charge on any atom is -0.508 e. The minimum absolute atomic E-state index is 0.00930. The zero-order valence-electron chi connectivity index (χ0n) is 17.2. The Morgan fingerprint density at radius 2 is 1.72 bits per heavy atom. The molecule has 1 fully saturated rings. The molecule has 1 aliphatic heterocycles. The van der Waals surface area contributed by atoms with Gasteiger partial charge in [0, 0.05) is 15.7 Å². The van der Waals surface area contributed by atoms with Gasteiger partial charge in [-0.2, -0.15) is 0 Å². The van der Waals surface area contributed by atoms with Gasteiger partial charge in [-0.15, -0.1) is 0 Å². The number of aliphatic hydroxyl groups excluding tert-OH is 1. The number of phenols is 1. The van der Waals surface area contributed by atoms with Crippen LogP contribution in [0.15, 0.2) is 82.8 Å². The highest BCUT2D eigenvalue weighted by Gasteiger charge is 2.47. The number of benzene rings is 3. The van der Waals surface area contributed by atoms with E-state index in [0.29, 0.717) is 29.2 Å². The van der Waals surface area contributed by atoms with Gasteiger partial charge in [0.2, 0.25) is 0 Å². The molecule has 0 radical (unpaired) electrons. The van der Waals surface area contributed by atoms with Gasteiger partial charge in [-0.05, 0) is 73.2 Å². The monoisotopic (exact) mass is 493 g/mol. The summed E-state index contributed by atoms with van der Waals surface area (Å²) in [5.74, 6) is -1.23. The van der Waals surface area contributed by atoms with Crippen molar-refractivity contribution < 1.29 is 24.5 Å². The number of aliphatic hydroxyl groups is 1. The van der Waals surface area contributed by atoms with E-state index in [2.05, 4.69) is 15.9 Å². The number of ketones is 1. The summed E-state index contributed by atoms with van der Waals surface area (Å²) in [6, 6.07) is 19.0. The predicted molar refractivity (Wildman–Crippen MR) is 125 cm³/mol. The zero-order chi connectivity index (χ0) is 22.8. The van der Waals surface area contributed by atoms with Gasteiger partial charge in [0.25, 0.3) is 11.7 Å². The van der Waals surface area contributed by atoms with Gasteiger partial charge in [-0.3, -0.25) is 14.5 Å². The third kappa shape index (κ3) is 3.99. The Morgan fingerprint density at radius 1 is 1.03 bits per heavy atom. The van der Waals surface area contributed by atoms with Crippen LogP contribution in [0.25, 0.3) is 5.76 Å². The molecule has 0 unspecified atom stereocenters. The van der Waals surface area contributed by atoms with Crippen LogP contribution >= 0.6 is 15.9 Å². The lowest BCUT2D eigenvalue weighted by molar-refractivity contribution is -0.132. The molecule has 32 heavy (non-hydrogen) atoms. The largest absolute Gasteiger partial charge is 0.508 e. The van der Waals surface area contributed by atoms with Gasteiger partial charge in [0.15, 0.2) is 0 Å². The molecule has 2 N–H and O–H groups in total. The first kappa shape index (κ1) is 21.6. The van der Waals surface area contributed by atoms with Crippen LogP contribution in [0.4, 0.5) is 5.69 Å². The molecule has 0 saturated carbocycles. The molecule has 0 spiro atoms. The van der Waals surface area contributed by atoms with Gasteiger partial charge < -0.3 is 14.9 Å². The van der Waals surface area contributed by atoms with Crippen molar-refractivity contribution in [1.82, 2.24) is 0 Å². The maximum Gasteiger partial charge on any atom is 0.300 e. The Balaban J connectivity index is 1.89. The number of carbonyl (C=O) groups is 2. The molecule has 3 aromatic carbocycles. The van der Waals surface area contributed by atoms with Crippen LogP contribution in [-0.2, 0) is 9.59 Å². The lowest BCUT2D eigenvalue weighted by Crippen LogP contribution is -2.29. The quantitative estimate of drug-likeness (QED) is 0.290. The zero-order valence-corrected chi connectivity index (χ0v) is 18.7. The summed E-state index contributed by atoms with van der Waals surface area (Å²) < 4.78 is 6.25. The number of amides is 1. The summed E-state index contributed by atoms with van der Waals surface area (Å²) in [5.41, 5.74) is 1.33. The number of hydrogen-bond acceptors (Lipinski definition) is 5. The van der Waals surface area contributed by atoms with E-state index >= 15 is 0 Å². The molecule has 1 saturated heterocycles. The van der Waals surface area contributed by atoms with Gasteiger partial charge in [0.1, 0.15) is 17.3 Å². The fourth-order valence-corrected chi connectivity index (χ4v) is 4.01. The molecule has 0 aliphatic carbocycles. The highest BCUT2D eigenvalue weighted by molar-refractivity contribution is 9.10. The molecule has 1 amide bonds. The average Bonchev–Trinajstić information content (AvgIpc) is 3.05. The van der Waals surface area contributed by atoms with Gasteiger partial charge >= 0.3 is 0 Å².